The maximum absolute atomic E-state index is 13.2. The number of ether oxygens (including phenoxy) is 1. The Bertz CT molecular complexity index is 1080. The number of carbonyl (C=O) groups is 2. The Labute approximate surface area is 199 Å². The number of benzene rings is 1. The molecular weight excluding hydrogens is 432 g/mol. The van der Waals surface area contributed by atoms with Crippen LogP contribution in [0.4, 0.5) is 0 Å². The van der Waals surface area contributed by atoms with E-state index >= 15 is 0 Å². The summed E-state index contributed by atoms with van der Waals surface area (Å²) in [5.74, 6) is 0.906. The first-order valence-electron chi connectivity index (χ1n) is 11.7. The molecule has 2 amide bonds. The standard InChI is InChI=1S/C26H30N4O4/c1-33-22-11-9-19(10-12-22)13-15-28-25(31)24-16-23(34-29-24)18-30(21-7-3-2-4-8-21)26(32)20-6-5-14-27-17-20/h5-6,9-12,14,16-17,21H,2-4,7-8,13,15,18H2,1H3,(H,28,31). The minimum Gasteiger partial charge on any atom is -0.497 e. The molecule has 4 rings (SSSR count). The van der Waals surface area contributed by atoms with Crippen LogP contribution in [0.15, 0.2) is 59.4 Å². The van der Waals surface area contributed by atoms with E-state index in [1.54, 1.807) is 37.7 Å². The Balaban J connectivity index is 1.37. The normalized spacial score (nSPS) is 13.9. The number of pyridine rings is 1. The molecule has 0 unspecified atom stereocenters. The van der Waals surface area contributed by atoms with Crippen LogP contribution < -0.4 is 10.1 Å². The number of aromatic nitrogens is 2. The highest BCUT2D eigenvalue weighted by Crippen LogP contribution is 2.26. The molecule has 1 aliphatic rings. The van der Waals surface area contributed by atoms with Gasteiger partial charge in [-0.2, -0.15) is 0 Å². The van der Waals surface area contributed by atoms with Gasteiger partial charge in [0.2, 0.25) is 0 Å². The predicted molar refractivity (Wildman–Crippen MR) is 127 cm³/mol. The summed E-state index contributed by atoms with van der Waals surface area (Å²) in [5, 5.41) is 6.81. The second-order valence-electron chi connectivity index (χ2n) is 8.50. The monoisotopic (exact) mass is 462 g/mol. The van der Waals surface area contributed by atoms with E-state index in [4.69, 9.17) is 9.26 Å². The molecule has 0 spiro atoms. The van der Waals surface area contributed by atoms with Gasteiger partial charge < -0.3 is 19.5 Å². The van der Waals surface area contributed by atoms with Crippen LogP contribution in [0.3, 0.4) is 0 Å². The van der Waals surface area contributed by atoms with Crippen molar-refractivity contribution in [3.8, 4) is 5.75 Å². The first-order chi connectivity index (χ1) is 16.6. The van der Waals surface area contributed by atoms with E-state index in [2.05, 4.69) is 15.5 Å². The van der Waals surface area contributed by atoms with E-state index in [0.717, 1.165) is 37.0 Å². The molecule has 0 radical (unpaired) electrons. The third-order valence-corrected chi connectivity index (χ3v) is 6.16. The first-order valence-corrected chi connectivity index (χ1v) is 11.7. The fourth-order valence-electron chi connectivity index (χ4n) is 4.28. The SMILES string of the molecule is COc1ccc(CCNC(=O)c2cc(CN(C(=O)c3cccnc3)C3CCCCC3)on2)cc1. The molecule has 34 heavy (non-hydrogen) atoms. The van der Waals surface area contributed by atoms with E-state index in [0.29, 0.717) is 24.3 Å². The zero-order valence-electron chi connectivity index (χ0n) is 19.4. The van der Waals surface area contributed by atoms with Crippen LogP contribution >= 0.6 is 0 Å². The Morgan fingerprint density at radius 3 is 2.65 bits per heavy atom. The van der Waals surface area contributed by atoms with Crippen molar-refractivity contribution >= 4 is 11.8 Å². The molecule has 0 atom stereocenters. The van der Waals surface area contributed by atoms with Gasteiger partial charge in [-0.15, -0.1) is 0 Å². The summed E-state index contributed by atoms with van der Waals surface area (Å²) in [7, 11) is 1.63. The summed E-state index contributed by atoms with van der Waals surface area (Å²) in [6.45, 7) is 0.742. The highest BCUT2D eigenvalue weighted by atomic mass is 16.5. The summed E-state index contributed by atoms with van der Waals surface area (Å²) in [5.41, 5.74) is 1.85. The molecule has 1 aromatic carbocycles. The molecule has 1 aliphatic carbocycles. The largest absolute Gasteiger partial charge is 0.497 e. The molecule has 8 nitrogen and oxygen atoms in total. The highest BCUT2D eigenvalue weighted by molar-refractivity contribution is 5.94. The quantitative estimate of drug-likeness (QED) is 0.516. The van der Waals surface area contributed by atoms with Gasteiger partial charge in [0.1, 0.15) is 5.75 Å². The van der Waals surface area contributed by atoms with Crippen LogP contribution in [-0.2, 0) is 13.0 Å². The highest BCUT2D eigenvalue weighted by Gasteiger charge is 2.28. The number of nitrogens with one attached hydrogen (secondary N) is 1. The molecule has 178 valence electrons. The molecule has 1 fully saturated rings. The van der Waals surface area contributed by atoms with Crippen molar-refractivity contribution in [2.75, 3.05) is 13.7 Å². The van der Waals surface area contributed by atoms with Crippen molar-refractivity contribution < 1.29 is 18.8 Å². The lowest BCUT2D eigenvalue weighted by Crippen LogP contribution is -2.41. The smallest absolute Gasteiger partial charge is 0.273 e. The molecule has 2 aromatic heterocycles. The third-order valence-electron chi connectivity index (χ3n) is 6.16. The number of methoxy groups -OCH3 is 1. The number of amides is 2. The number of carbonyl (C=O) groups excluding carboxylic acids is 2. The number of nitrogens with zero attached hydrogens (tertiary/aromatic N) is 3. The Kier molecular flexibility index (Phi) is 7.91. The number of rotatable bonds is 9. The Morgan fingerprint density at radius 2 is 1.94 bits per heavy atom. The summed E-state index contributed by atoms with van der Waals surface area (Å²) >= 11 is 0. The van der Waals surface area contributed by atoms with Crippen LogP contribution in [0.2, 0.25) is 0 Å². The summed E-state index contributed by atoms with van der Waals surface area (Å²) in [6.07, 6.45) is 9.22. The van der Waals surface area contributed by atoms with Gasteiger partial charge in [-0.1, -0.05) is 36.6 Å². The molecule has 8 heteroatoms. The van der Waals surface area contributed by atoms with Crippen LogP contribution in [0.25, 0.3) is 0 Å². The lowest BCUT2D eigenvalue weighted by molar-refractivity contribution is 0.0590. The average Bonchev–Trinajstić information content (AvgIpc) is 3.37. The van der Waals surface area contributed by atoms with Gasteiger partial charge in [0.05, 0.1) is 19.2 Å². The van der Waals surface area contributed by atoms with E-state index in [1.807, 2.05) is 29.2 Å². The summed E-state index contributed by atoms with van der Waals surface area (Å²) < 4.78 is 10.6. The molecule has 1 saturated carbocycles. The van der Waals surface area contributed by atoms with Crippen molar-refractivity contribution in [1.82, 2.24) is 20.4 Å². The van der Waals surface area contributed by atoms with E-state index in [9.17, 15) is 9.59 Å². The van der Waals surface area contributed by atoms with E-state index in [-0.39, 0.29) is 30.1 Å². The van der Waals surface area contributed by atoms with Gasteiger partial charge in [0, 0.05) is 31.0 Å². The van der Waals surface area contributed by atoms with Crippen molar-refractivity contribution in [2.24, 2.45) is 0 Å². The van der Waals surface area contributed by atoms with Crippen molar-refractivity contribution in [3.63, 3.8) is 0 Å². The lowest BCUT2D eigenvalue weighted by atomic mass is 9.93. The van der Waals surface area contributed by atoms with Crippen LogP contribution in [0, 0.1) is 0 Å². The van der Waals surface area contributed by atoms with Gasteiger partial charge in [-0.25, -0.2) is 0 Å². The molecular formula is C26H30N4O4. The maximum atomic E-state index is 13.2. The van der Waals surface area contributed by atoms with Gasteiger partial charge in [-0.05, 0) is 49.1 Å². The molecule has 0 aliphatic heterocycles. The van der Waals surface area contributed by atoms with Gasteiger partial charge >= 0.3 is 0 Å². The Morgan fingerprint density at radius 1 is 1.15 bits per heavy atom. The first kappa shape index (κ1) is 23.5. The molecule has 3 aromatic rings. The van der Waals surface area contributed by atoms with Gasteiger partial charge in [0.15, 0.2) is 11.5 Å². The molecule has 0 saturated heterocycles. The topological polar surface area (TPSA) is 97.6 Å². The second kappa shape index (κ2) is 11.4. The van der Waals surface area contributed by atoms with Gasteiger partial charge in [0.25, 0.3) is 11.8 Å². The number of hydrogen-bond donors (Lipinski definition) is 1. The van der Waals surface area contributed by atoms with Crippen molar-refractivity contribution in [3.05, 3.63) is 77.4 Å². The second-order valence-corrected chi connectivity index (χ2v) is 8.50. The zero-order valence-corrected chi connectivity index (χ0v) is 19.4. The minimum absolute atomic E-state index is 0.0816. The van der Waals surface area contributed by atoms with E-state index < -0.39 is 0 Å². The minimum atomic E-state index is -0.300. The fraction of sp³-hybridized carbons (Fsp3) is 0.385. The predicted octanol–water partition coefficient (Wildman–Crippen LogP) is 4.03. The zero-order chi connectivity index (χ0) is 23.8. The third kappa shape index (κ3) is 6.01. The van der Waals surface area contributed by atoms with Crippen LogP contribution in [0.5, 0.6) is 5.75 Å². The number of hydrogen-bond acceptors (Lipinski definition) is 6. The fourth-order valence-corrected chi connectivity index (χ4v) is 4.28. The average molecular weight is 463 g/mol. The lowest BCUT2D eigenvalue weighted by Gasteiger charge is -2.33. The van der Waals surface area contributed by atoms with Crippen molar-refractivity contribution in [2.45, 2.75) is 51.1 Å². The van der Waals surface area contributed by atoms with Crippen LogP contribution in [-0.4, -0.2) is 46.6 Å². The summed E-state index contributed by atoms with van der Waals surface area (Å²) in [4.78, 5) is 31.7. The molecule has 1 N–H and O–H groups in total. The molecule has 2 heterocycles. The van der Waals surface area contributed by atoms with Gasteiger partial charge in [-0.3, -0.25) is 14.6 Å². The van der Waals surface area contributed by atoms with E-state index in [1.165, 1.54) is 6.42 Å². The Hall–Kier alpha value is -3.68. The summed E-state index contributed by atoms with van der Waals surface area (Å²) in [6, 6.07) is 13.0. The molecule has 0 bridgehead atoms. The van der Waals surface area contributed by atoms with Crippen LogP contribution in [0.1, 0.15) is 64.3 Å². The maximum Gasteiger partial charge on any atom is 0.273 e. The van der Waals surface area contributed by atoms with Crippen molar-refractivity contribution in [1.29, 1.82) is 0 Å².